The lowest BCUT2D eigenvalue weighted by molar-refractivity contribution is 0.398. The molecule has 0 aliphatic rings. The number of H-pyrrole nitrogens is 1. The lowest BCUT2D eigenvalue weighted by Crippen LogP contribution is -2.09. The van der Waals surface area contributed by atoms with Crippen molar-refractivity contribution in [2.45, 2.75) is 0 Å². The summed E-state index contributed by atoms with van der Waals surface area (Å²) in [6.45, 7) is 0. The Labute approximate surface area is 85.8 Å². The molecule has 0 saturated heterocycles. The van der Waals surface area contributed by atoms with Crippen LogP contribution in [0, 0.1) is 0 Å². The molecule has 5 nitrogen and oxygen atoms in total. The Hall–Kier alpha value is -2.17. The summed E-state index contributed by atoms with van der Waals surface area (Å²) in [5.41, 5.74) is 0.787. The first-order chi connectivity index (χ1) is 7.31. The summed E-state index contributed by atoms with van der Waals surface area (Å²) in [5.74, 6) is 0.506. The van der Waals surface area contributed by atoms with Crippen LogP contribution in [0.2, 0.25) is 0 Å². The van der Waals surface area contributed by atoms with Gasteiger partial charge in [0.25, 0.3) is 5.56 Å². The molecule has 0 atom stereocenters. The van der Waals surface area contributed by atoms with Gasteiger partial charge < -0.3 is 9.72 Å². The van der Waals surface area contributed by atoms with Gasteiger partial charge in [0.05, 0.1) is 7.11 Å². The molecule has 2 rings (SSSR count). The highest BCUT2D eigenvalue weighted by Crippen LogP contribution is 2.13. The molecule has 76 valence electrons. The molecule has 0 aliphatic heterocycles. The maximum absolute atomic E-state index is 11.4. The summed E-state index contributed by atoms with van der Waals surface area (Å²) in [7, 11) is 1.54. The predicted octanol–water partition coefficient (Wildman–Crippen LogP) is 0.840. The highest BCUT2D eigenvalue weighted by molar-refractivity contribution is 5.56. The molecule has 15 heavy (non-hydrogen) atoms. The molecular weight excluding hydrogens is 194 g/mol. The molecule has 0 radical (unpaired) electrons. The van der Waals surface area contributed by atoms with E-state index in [1.54, 1.807) is 18.3 Å². The van der Waals surface area contributed by atoms with Crippen molar-refractivity contribution < 1.29 is 4.74 Å². The van der Waals surface area contributed by atoms with Crippen LogP contribution in [-0.4, -0.2) is 22.1 Å². The van der Waals surface area contributed by atoms with Crippen molar-refractivity contribution in [3.63, 3.8) is 0 Å². The van der Waals surface area contributed by atoms with Gasteiger partial charge in [0, 0.05) is 30.2 Å². The molecule has 0 bridgehead atoms. The second-order valence-electron chi connectivity index (χ2n) is 2.86. The SMILES string of the molecule is COc1ccc(-c2ncc[nH]c2=O)cn1. The molecule has 2 aromatic heterocycles. The van der Waals surface area contributed by atoms with E-state index in [9.17, 15) is 4.79 Å². The molecule has 0 unspecified atom stereocenters. The number of aromatic amines is 1. The van der Waals surface area contributed by atoms with Crippen molar-refractivity contribution in [3.8, 4) is 17.1 Å². The number of rotatable bonds is 2. The van der Waals surface area contributed by atoms with Crippen molar-refractivity contribution in [1.82, 2.24) is 15.0 Å². The molecule has 0 aromatic carbocycles. The molecule has 5 heteroatoms. The molecule has 0 saturated carbocycles. The average molecular weight is 203 g/mol. The highest BCUT2D eigenvalue weighted by atomic mass is 16.5. The fraction of sp³-hybridized carbons (Fsp3) is 0.100. The quantitative estimate of drug-likeness (QED) is 0.785. The minimum absolute atomic E-state index is 0.232. The van der Waals surface area contributed by atoms with Crippen LogP contribution in [0.25, 0.3) is 11.3 Å². The number of hydrogen-bond acceptors (Lipinski definition) is 4. The largest absolute Gasteiger partial charge is 0.481 e. The van der Waals surface area contributed by atoms with E-state index in [-0.39, 0.29) is 5.56 Å². The number of hydrogen-bond donors (Lipinski definition) is 1. The van der Waals surface area contributed by atoms with Gasteiger partial charge in [-0.05, 0) is 6.07 Å². The van der Waals surface area contributed by atoms with Gasteiger partial charge in [0.15, 0.2) is 0 Å². The number of nitrogens with one attached hydrogen (secondary N) is 1. The summed E-state index contributed by atoms with van der Waals surface area (Å²) in [5, 5.41) is 0. The van der Waals surface area contributed by atoms with Crippen LogP contribution in [0.4, 0.5) is 0 Å². The van der Waals surface area contributed by atoms with Gasteiger partial charge >= 0.3 is 0 Å². The zero-order chi connectivity index (χ0) is 10.7. The van der Waals surface area contributed by atoms with E-state index in [1.165, 1.54) is 19.5 Å². The standard InChI is InChI=1S/C10H9N3O2/c1-15-8-3-2-7(6-13-8)9-10(14)12-5-4-11-9/h2-6H,1H3,(H,12,14). The second kappa shape index (κ2) is 3.91. The van der Waals surface area contributed by atoms with Gasteiger partial charge in [-0.15, -0.1) is 0 Å². The smallest absolute Gasteiger partial charge is 0.274 e. The molecule has 1 N–H and O–H groups in total. The highest BCUT2D eigenvalue weighted by Gasteiger charge is 2.04. The minimum Gasteiger partial charge on any atom is -0.481 e. The Morgan fingerprint density at radius 3 is 2.80 bits per heavy atom. The van der Waals surface area contributed by atoms with Crippen LogP contribution in [-0.2, 0) is 0 Å². The van der Waals surface area contributed by atoms with Crippen molar-refractivity contribution in [2.75, 3.05) is 7.11 Å². The average Bonchev–Trinajstić information content (AvgIpc) is 2.30. The Balaban J connectivity index is 2.46. The fourth-order valence-corrected chi connectivity index (χ4v) is 1.20. The molecule has 2 aromatic rings. The predicted molar refractivity (Wildman–Crippen MR) is 54.6 cm³/mol. The lowest BCUT2D eigenvalue weighted by Gasteiger charge is -2.00. The third-order valence-corrected chi connectivity index (χ3v) is 1.93. The Kier molecular flexibility index (Phi) is 2.45. The number of pyridine rings is 1. The minimum atomic E-state index is -0.232. The van der Waals surface area contributed by atoms with Gasteiger partial charge in [-0.3, -0.25) is 4.79 Å². The van der Waals surface area contributed by atoms with Crippen molar-refractivity contribution >= 4 is 0 Å². The van der Waals surface area contributed by atoms with Crippen LogP contribution in [0.3, 0.4) is 0 Å². The first-order valence-electron chi connectivity index (χ1n) is 4.35. The van der Waals surface area contributed by atoms with E-state index >= 15 is 0 Å². The van der Waals surface area contributed by atoms with E-state index in [4.69, 9.17) is 4.74 Å². The van der Waals surface area contributed by atoms with Crippen LogP contribution in [0.5, 0.6) is 5.88 Å². The number of nitrogens with zero attached hydrogens (tertiary/aromatic N) is 2. The zero-order valence-corrected chi connectivity index (χ0v) is 8.10. The lowest BCUT2D eigenvalue weighted by atomic mass is 10.2. The molecule has 0 aliphatic carbocycles. The number of aromatic nitrogens is 3. The van der Waals surface area contributed by atoms with Crippen molar-refractivity contribution in [3.05, 3.63) is 41.1 Å². The summed E-state index contributed by atoms with van der Waals surface area (Å²) in [6.07, 6.45) is 4.57. The second-order valence-corrected chi connectivity index (χ2v) is 2.86. The fourth-order valence-electron chi connectivity index (χ4n) is 1.20. The van der Waals surface area contributed by atoms with Gasteiger partial charge in [-0.25, -0.2) is 9.97 Å². The van der Waals surface area contributed by atoms with E-state index in [0.717, 1.165) is 0 Å². The normalized spacial score (nSPS) is 9.93. The van der Waals surface area contributed by atoms with E-state index in [0.29, 0.717) is 17.1 Å². The van der Waals surface area contributed by atoms with Gasteiger partial charge in [0.2, 0.25) is 5.88 Å². The Morgan fingerprint density at radius 2 is 2.20 bits per heavy atom. The van der Waals surface area contributed by atoms with Crippen LogP contribution >= 0.6 is 0 Å². The van der Waals surface area contributed by atoms with E-state index in [1.807, 2.05) is 0 Å². The maximum atomic E-state index is 11.4. The maximum Gasteiger partial charge on any atom is 0.274 e. The third kappa shape index (κ3) is 1.85. The summed E-state index contributed by atoms with van der Waals surface area (Å²) in [6, 6.07) is 3.42. The topological polar surface area (TPSA) is 67.9 Å². The zero-order valence-electron chi connectivity index (χ0n) is 8.10. The molecule has 2 heterocycles. The Bertz CT molecular complexity index is 505. The van der Waals surface area contributed by atoms with Crippen LogP contribution in [0.15, 0.2) is 35.5 Å². The molecule has 0 fully saturated rings. The molecular formula is C10H9N3O2. The van der Waals surface area contributed by atoms with Crippen molar-refractivity contribution in [2.24, 2.45) is 0 Å². The first kappa shape index (κ1) is 9.39. The number of ether oxygens (including phenoxy) is 1. The van der Waals surface area contributed by atoms with E-state index < -0.39 is 0 Å². The van der Waals surface area contributed by atoms with Crippen molar-refractivity contribution in [1.29, 1.82) is 0 Å². The molecule has 0 amide bonds. The van der Waals surface area contributed by atoms with E-state index in [2.05, 4.69) is 15.0 Å². The first-order valence-corrected chi connectivity index (χ1v) is 4.35. The summed E-state index contributed by atoms with van der Waals surface area (Å²) >= 11 is 0. The molecule has 0 spiro atoms. The number of methoxy groups -OCH3 is 1. The van der Waals surface area contributed by atoms with Gasteiger partial charge in [-0.1, -0.05) is 0 Å². The third-order valence-electron chi connectivity index (χ3n) is 1.93. The summed E-state index contributed by atoms with van der Waals surface area (Å²) < 4.78 is 4.92. The summed E-state index contributed by atoms with van der Waals surface area (Å²) in [4.78, 5) is 21.9. The van der Waals surface area contributed by atoms with Gasteiger partial charge in [-0.2, -0.15) is 0 Å². The van der Waals surface area contributed by atoms with Crippen LogP contribution in [0.1, 0.15) is 0 Å². The Morgan fingerprint density at radius 1 is 1.33 bits per heavy atom. The monoisotopic (exact) mass is 203 g/mol. The van der Waals surface area contributed by atoms with Gasteiger partial charge in [0.1, 0.15) is 5.69 Å². The van der Waals surface area contributed by atoms with Crippen LogP contribution < -0.4 is 10.3 Å².